The molecular weight excluding hydrogens is 473 g/mol. The number of carbonyl (C=O) groups is 2. The molecule has 164 valence electrons. The van der Waals surface area contributed by atoms with E-state index in [-0.39, 0.29) is 11.9 Å². The van der Waals surface area contributed by atoms with Crippen LogP contribution < -0.4 is 15.4 Å². The number of ether oxygens (including phenoxy) is 1. The van der Waals surface area contributed by atoms with Crippen LogP contribution in [0.4, 0.5) is 11.6 Å². The van der Waals surface area contributed by atoms with Gasteiger partial charge in [0.1, 0.15) is 5.75 Å². The highest BCUT2D eigenvalue weighted by atomic mass is 35.5. The predicted molar refractivity (Wildman–Crippen MR) is 126 cm³/mol. The Morgan fingerprint density at radius 3 is 2.56 bits per heavy atom. The van der Waals surface area contributed by atoms with Gasteiger partial charge < -0.3 is 10.1 Å². The molecule has 4 rings (SSSR count). The van der Waals surface area contributed by atoms with Crippen LogP contribution in [-0.2, 0) is 9.59 Å². The fourth-order valence-corrected chi connectivity index (χ4v) is 4.17. The lowest BCUT2D eigenvalue weighted by molar-refractivity contribution is -0.122. The number of amides is 2. The molecule has 0 saturated heterocycles. The second kappa shape index (κ2) is 9.15. The molecule has 32 heavy (non-hydrogen) atoms. The normalized spacial score (nSPS) is 11.9. The summed E-state index contributed by atoms with van der Waals surface area (Å²) < 4.78 is 7.28. The zero-order valence-electron chi connectivity index (χ0n) is 16.9. The van der Waals surface area contributed by atoms with Gasteiger partial charge in [-0.3, -0.25) is 14.9 Å². The lowest BCUT2D eigenvalue weighted by atomic mass is 10.1. The van der Waals surface area contributed by atoms with Crippen molar-refractivity contribution in [3.8, 4) is 17.0 Å². The van der Waals surface area contributed by atoms with Gasteiger partial charge in [0.2, 0.25) is 10.9 Å². The van der Waals surface area contributed by atoms with E-state index in [1.165, 1.54) is 18.3 Å². The number of anilines is 2. The summed E-state index contributed by atoms with van der Waals surface area (Å²) in [5.74, 6) is -0.0440. The van der Waals surface area contributed by atoms with E-state index >= 15 is 0 Å². The fourth-order valence-electron chi connectivity index (χ4n) is 2.89. The molecule has 0 radical (unpaired) electrons. The maximum Gasteiger partial charge on any atom is 0.267 e. The smallest absolute Gasteiger partial charge is 0.267 e. The quantitative estimate of drug-likeness (QED) is 0.391. The average molecular weight is 490 g/mol. The van der Waals surface area contributed by atoms with E-state index in [1.807, 2.05) is 17.5 Å². The van der Waals surface area contributed by atoms with Crippen LogP contribution in [0.3, 0.4) is 0 Å². The van der Waals surface area contributed by atoms with Crippen molar-refractivity contribution in [3.05, 3.63) is 57.9 Å². The molecule has 0 bridgehead atoms. The first-order chi connectivity index (χ1) is 15.3. The van der Waals surface area contributed by atoms with Crippen LogP contribution in [0.2, 0.25) is 10.0 Å². The van der Waals surface area contributed by atoms with E-state index in [0.717, 1.165) is 11.3 Å². The van der Waals surface area contributed by atoms with Gasteiger partial charge in [-0.05, 0) is 37.3 Å². The molecule has 0 aliphatic rings. The Hall–Kier alpha value is -3.14. The molecule has 2 heterocycles. The van der Waals surface area contributed by atoms with Crippen molar-refractivity contribution in [1.82, 2.24) is 14.6 Å². The minimum Gasteiger partial charge on any atom is -0.479 e. The van der Waals surface area contributed by atoms with Crippen molar-refractivity contribution in [1.29, 1.82) is 0 Å². The topological polar surface area (TPSA) is 97.6 Å². The molecule has 2 N–H and O–H groups in total. The summed E-state index contributed by atoms with van der Waals surface area (Å²) in [7, 11) is 0. The van der Waals surface area contributed by atoms with Gasteiger partial charge in [0.15, 0.2) is 6.10 Å². The van der Waals surface area contributed by atoms with Crippen LogP contribution in [0.5, 0.6) is 5.75 Å². The summed E-state index contributed by atoms with van der Waals surface area (Å²) in [6, 6.07) is 12.1. The zero-order chi connectivity index (χ0) is 22.8. The molecule has 11 heteroatoms. The highest BCUT2D eigenvalue weighted by Gasteiger charge is 2.19. The standard InChI is InChI=1S/C21H17Cl2N5O3S/c1-11(31-18-8-5-14(22)9-16(18)23)19(30)25-20-26-21-28(27-20)17(10-32-21)13-3-6-15(7-4-13)24-12(2)29/h3-11H,1-2H3,(H,24,29)(H,25,27,30). The first-order valence-electron chi connectivity index (χ1n) is 9.45. The molecule has 2 amide bonds. The van der Waals surface area contributed by atoms with Crippen molar-refractivity contribution in [2.45, 2.75) is 20.0 Å². The summed E-state index contributed by atoms with van der Waals surface area (Å²) in [6.45, 7) is 3.05. The number of nitrogens with one attached hydrogen (secondary N) is 2. The van der Waals surface area contributed by atoms with Crippen LogP contribution >= 0.6 is 34.5 Å². The number of benzene rings is 2. The highest BCUT2D eigenvalue weighted by molar-refractivity contribution is 7.15. The number of nitrogens with zero attached hydrogens (tertiary/aromatic N) is 3. The largest absolute Gasteiger partial charge is 0.479 e. The average Bonchev–Trinajstić information content (AvgIpc) is 3.30. The van der Waals surface area contributed by atoms with E-state index in [1.54, 1.807) is 41.8 Å². The van der Waals surface area contributed by atoms with E-state index in [9.17, 15) is 9.59 Å². The van der Waals surface area contributed by atoms with Gasteiger partial charge in [-0.2, -0.15) is 4.98 Å². The third kappa shape index (κ3) is 4.85. The number of halogens is 2. The minimum atomic E-state index is -0.837. The second-order valence-electron chi connectivity index (χ2n) is 6.83. The van der Waals surface area contributed by atoms with Crippen molar-refractivity contribution >= 4 is 62.9 Å². The molecule has 0 fully saturated rings. The maximum atomic E-state index is 12.5. The van der Waals surface area contributed by atoms with Gasteiger partial charge in [-0.25, -0.2) is 4.52 Å². The number of aromatic nitrogens is 3. The van der Waals surface area contributed by atoms with Crippen molar-refractivity contribution < 1.29 is 14.3 Å². The van der Waals surface area contributed by atoms with E-state index in [0.29, 0.717) is 26.4 Å². The Morgan fingerprint density at radius 1 is 1.12 bits per heavy atom. The number of hydrogen-bond acceptors (Lipinski definition) is 6. The molecule has 1 atom stereocenters. The first kappa shape index (κ1) is 22.1. The zero-order valence-corrected chi connectivity index (χ0v) is 19.3. The molecule has 8 nitrogen and oxygen atoms in total. The van der Waals surface area contributed by atoms with E-state index in [2.05, 4.69) is 20.7 Å². The summed E-state index contributed by atoms with van der Waals surface area (Å²) in [6.07, 6.45) is -0.837. The predicted octanol–water partition coefficient (Wildman–Crippen LogP) is 5.13. The third-order valence-electron chi connectivity index (χ3n) is 4.38. The van der Waals surface area contributed by atoms with Gasteiger partial charge >= 0.3 is 0 Å². The fraction of sp³-hybridized carbons (Fsp3) is 0.143. The van der Waals surface area contributed by atoms with Gasteiger partial charge in [0.25, 0.3) is 11.9 Å². The number of carbonyl (C=O) groups excluding carboxylic acids is 2. The molecule has 4 aromatic rings. The molecule has 0 spiro atoms. The van der Waals surface area contributed by atoms with Crippen LogP contribution in [0, 0.1) is 0 Å². The number of hydrogen-bond donors (Lipinski definition) is 2. The molecule has 0 aliphatic carbocycles. The van der Waals surface area contributed by atoms with Crippen molar-refractivity contribution in [3.63, 3.8) is 0 Å². The van der Waals surface area contributed by atoms with Crippen LogP contribution in [0.15, 0.2) is 47.8 Å². The lowest BCUT2D eigenvalue weighted by Gasteiger charge is -2.14. The van der Waals surface area contributed by atoms with Crippen molar-refractivity contribution in [2.24, 2.45) is 0 Å². The van der Waals surface area contributed by atoms with Crippen LogP contribution in [0.25, 0.3) is 16.2 Å². The summed E-state index contributed by atoms with van der Waals surface area (Å²) in [5, 5.41) is 12.5. The molecule has 0 aliphatic heterocycles. The molecule has 2 aromatic heterocycles. The number of rotatable bonds is 6. The molecular formula is C21H17Cl2N5O3S. The third-order valence-corrected chi connectivity index (χ3v) is 5.73. The lowest BCUT2D eigenvalue weighted by Crippen LogP contribution is -2.30. The maximum absolute atomic E-state index is 12.5. The Balaban J connectivity index is 1.48. The van der Waals surface area contributed by atoms with Crippen LogP contribution in [0.1, 0.15) is 13.8 Å². The Kier molecular flexibility index (Phi) is 6.31. The second-order valence-corrected chi connectivity index (χ2v) is 8.51. The Morgan fingerprint density at radius 2 is 1.88 bits per heavy atom. The number of fused-ring (bicyclic) bond motifs is 1. The van der Waals surface area contributed by atoms with Gasteiger partial charge in [0.05, 0.1) is 10.7 Å². The minimum absolute atomic E-state index is 0.135. The summed E-state index contributed by atoms with van der Waals surface area (Å²) in [5.41, 5.74) is 2.40. The summed E-state index contributed by atoms with van der Waals surface area (Å²) in [4.78, 5) is 28.7. The molecule has 1 unspecified atom stereocenters. The Bertz CT molecular complexity index is 1300. The van der Waals surface area contributed by atoms with Gasteiger partial charge in [-0.1, -0.05) is 35.3 Å². The van der Waals surface area contributed by atoms with E-state index < -0.39 is 12.0 Å². The number of thiazole rings is 1. The Labute approximate surface area is 197 Å². The van der Waals surface area contributed by atoms with Gasteiger partial charge in [0, 0.05) is 28.6 Å². The van der Waals surface area contributed by atoms with Crippen LogP contribution in [-0.4, -0.2) is 32.5 Å². The monoisotopic (exact) mass is 489 g/mol. The van der Waals surface area contributed by atoms with Gasteiger partial charge in [-0.15, -0.1) is 16.4 Å². The summed E-state index contributed by atoms with van der Waals surface area (Å²) >= 11 is 13.4. The SMILES string of the molecule is CC(=O)Nc1ccc(-c2csc3nc(NC(=O)C(C)Oc4ccc(Cl)cc4Cl)nn23)cc1. The molecule has 2 aromatic carbocycles. The highest BCUT2D eigenvalue weighted by Crippen LogP contribution is 2.29. The molecule has 0 saturated carbocycles. The van der Waals surface area contributed by atoms with E-state index in [4.69, 9.17) is 27.9 Å². The first-order valence-corrected chi connectivity index (χ1v) is 11.1. The van der Waals surface area contributed by atoms with Crippen molar-refractivity contribution in [2.75, 3.05) is 10.6 Å².